The third-order valence-corrected chi connectivity index (χ3v) is 3.84. The van der Waals surface area contributed by atoms with E-state index >= 15 is 0 Å². The van der Waals surface area contributed by atoms with Crippen molar-refractivity contribution < 1.29 is 13.5 Å². The van der Waals surface area contributed by atoms with E-state index in [1.807, 2.05) is 21.0 Å². The van der Waals surface area contributed by atoms with Crippen LogP contribution in [-0.2, 0) is 6.54 Å². The van der Waals surface area contributed by atoms with E-state index in [2.05, 4.69) is 39.1 Å². The molecule has 5 nitrogen and oxygen atoms in total. The highest BCUT2D eigenvalue weighted by atomic mass is 127. The highest BCUT2D eigenvalue weighted by Gasteiger charge is 2.20. The molecule has 0 bridgehead atoms. The summed E-state index contributed by atoms with van der Waals surface area (Å²) in [5.74, 6) is 0.792. The molecule has 0 aliphatic rings. The monoisotopic (exact) mass is 470 g/mol. The second-order valence-corrected chi connectivity index (χ2v) is 6.24. The maximum atomic E-state index is 12.5. The smallest absolute Gasteiger partial charge is 0.387 e. The van der Waals surface area contributed by atoms with Crippen molar-refractivity contribution >= 4 is 29.9 Å². The van der Waals surface area contributed by atoms with Gasteiger partial charge in [0, 0.05) is 24.2 Å². The van der Waals surface area contributed by atoms with Crippen LogP contribution in [0.3, 0.4) is 0 Å². The second kappa shape index (κ2) is 11.5. The normalized spacial score (nSPS) is 12.1. The number of para-hydroxylation sites is 1. The fourth-order valence-electron chi connectivity index (χ4n) is 1.81. The Morgan fingerprint density at radius 1 is 1.24 bits per heavy atom. The van der Waals surface area contributed by atoms with E-state index < -0.39 is 6.61 Å². The summed E-state index contributed by atoms with van der Waals surface area (Å²) in [5.41, 5.74) is 0.564. The lowest BCUT2D eigenvalue weighted by Crippen LogP contribution is -2.50. The maximum Gasteiger partial charge on any atom is 0.387 e. The first-order valence-corrected chi connectivity index (χ1v) is 7.98. The van der Waals surface area contributed by atoms with E-state index in [4.69, 9.17) is 0 Å². The van der Waals surface area contributed by atoms with Crippen molar-refractivity contribution in [2.75, 3.05) is 27.2 Å². The number of nitrogens with zero attached hydrogens (tertiary/aromatic N) is 2. The lowest BCUT2D eigenvalue weighted by Gasteiger charge is -2.33. The average molecular weight is 470 g/mol. The van der Waals surface area contributed by atoms with E-state index in [9.17, 15) is 8.78 Å². The topological polar surface area (TPSA) is 48.9 Å². The number of ether oxygens (including phenoxy) is 1. The van der Waals surface area contributed by atoms with Gasteiger partial charge in [0.15, 0.2) is 5.96 Å². The van der Waals surface area contributed by atoms with Crippen molar-refractivity contribution in [3.05, 3.63) is 29.8 Å². The zero-order valence-electron chi connectivity index (χ0n) is 15.5. The van der Waals surface area contributed by atoms with Crippen molar-refractivity contribution in [2.45, 2.75) is 39.5 Å². The number of halogens is 3. The number of hydrogen-bond acceptors (Lipinski definition) is 3. The van der Waals surface area contributed by atoms with E-state index in [0.717, 1.165) is 0 Å². The number of likely N-dealkylation sites (N-methyl/N-ethyl adjacent to an activating group) is 1. The molecular weight excluding hydrogens is 441 g/mol. The van der Waals surface area contributed by atoms with Gasteiger partial charge in [0.2, 0.25) is 0 Å². The Hall–Kier alpha value is -1.16. The lowest BCUT2D eigenvalue weighted by atomic mass is 10.0. The Balaban J connectivity index is 0.00000576. The van der Waals surface area contributed by atoms with E-state index in [-0.39, 0.29) is 41.8 Å². The summed E-state index contributed by atoms with van der Waals surface area (Å²) in [7, 11) is 4.04. The Kier molecular flexibility index (Phi) is 10.9. The molecule has 0 aromatic heterocycles. The van der Waals surface area contributed by atoms with Crippen molar-refractivity contribution in [1.29, 1.82) is 0 Å². The Labute approximate surface area is 166 Å². The molecule has 0 fully saturated rings. The Morgan fingerprint density at radius 2 is 1.88 bits per heavy atom. The van der Waals surface area contributed by atoms with Gasteiger partial charge < -0.3 is 20.3 Å². The van der Waals surface area contributed by atoms with Gasteiger partial charge in [0.25, 0.3) is 0 Å². The minimum Gasteiger partial charge on any atom is -0.434 e. The molecule has 1 aromatic carbocycles. The molecule has 0 radical (unpaired) electrons. The van der Waals surface area contributed by atoms with Crippen LogP contribution in [0.5, 0.6) is 5.75 Å². The lowest BCUT2D eigenvalue weighted by molar-refractivity contribution is -0.0504. The molecule has 0 saturated carbocycles. The molecule has 0 spiro atoms. The van der Waals surface area contributed by atoms with Gasteiger partial charge in [-0.1, -0.05) is 18.2 Å². The number of rotatable bonds is 8. The molecule has 0 heterocycles. The largest absolute Gasteiger partial charge is 0.434 e. The third-order valence-electron chi connectivity index (χ3n) is 3.84. The minimum atomic E-state index is -2.85. The maximum absolute atomic E-state index is 12.5. The van der Waals surface area contributed by atoms with E-state index in [1.54, 1.807) is 18.2 Å². The van der Waals surface area contributed by atoms with Crippen LogP contribution in [0, 0.1) is 0 Å². The number of hydrogen-bond donors (Lipinski definition) is 2. The first kappa shape index (κ1) is 23.8. The molecule has 0 aliphatic carbocycles. The Morgan fingerprint density at radius 3 is 2.44 bits per heavy atom. The van der Waals surface area contributed by atoms with Crippen LogP contribution in [0.1, 0.15) is 26.3 Å². The van der Waals surface area contributed by atoms with Crippen LogP contribution in [0.4, 0.5) is 8.78 Å². The Bertz CT molecular complexity index is 539. The molecule has 1 rings (SSSR count). The summed E-state index contributed by atoms with van der Waals surface area (Å²) in [6.07, 6.45) is 0. The number of aliphatic imine (C=N–C) groups is 1. The summed E-state index contributed by atoms with van der Waals surface area (Å²) in [6, 6.07) is 6.69. The predicted molar refractivity (Wildman–Crippen MR) is 109 cm³/mol. The van der Waals surface area contributed by atoms with Crippen LogP contribution >= 0.6 is 24.0 Å². The molecular formula is C17H29F2IN4O. The molecule has 144 valence electrons. The van der Waals surface area contributed by atoms with Crippen LogP contribution in [0.2, 0.25) is 0 Å². The minimum absolute atomic E-state index is 0. The second-order valence-electron chi connectivity index (χ2n) is 6.24. The first-order valence-electron chi connectivity index (χ1n) is 7.98. The number of nitrogens with one attached hydrogen (secondary N) is 2. The van der Waals surface area contributed by atoms with Gasteiger partial charge in [-0.3, -0.25) is 0 Å². The molecule has 0 atom stereocenters. The molecule has 0 amide bonds. The van der Waals surface area contributed by atoms with Crippen molar-refractivity contribution in [1.82, 2.24) is 15.5 Å². The molecule has 1 aromatic rings. The van der Waals surface area contributed by atoms with Gasteiger partial charge in [0.05, 0.1) is 6.54 Å². The van der Waals surface area contributed by atoms with Crippen molar-refractivity contribution in [3.8, 4) is 5.75 Å². The quantitative estimate of drug-likeness (QED) is 0.348. The van der Waals surface area contributed by atoms with Crippen LogP contribution < -0.4 is 15.4 Å². The standard InChI is InChI=1S/C17H28F2N4O.HI/c1-6-20-16(22-12-17(2,3)23(4)5)21-11-13-9-7-8-10-14(13)24-15(18)19;/h7-10,15H,6,11-12H2,1-5H3,(H2,20,21,22);1H. The number of benzene rings is 1. The van der Waals surface area contributed by atoms with Gasteiger partial charge >= 0.3 is 6.61 Å². The number of guanidine groups is 1. The predicted octanol–water partition coefficient (Wildman–Crippen LogP) is 3.30. The zero-order chi connectivity index (χ0) is 18.2. The van der Waals surface area contributed by atoms with Crippen molar-refractivity contribution in [2.24, 2.45) is 4.99 Å². The van der Waals surface area contributed by atoms with Gasteiger partial charge in [-0.2, -0.15) is 8.78 Å². The molecule has 0 unspecified atom stereocenters. The van der Waals surface area contributed by atoms with Crippen molar-refractivity contribution in [3.63, 3.8) is 0 Å². The average Bonchev–Trinajstić information content (AvgIpc) is 2.50. The molecule has 2 N–H and O–H groups in total. The van der Waals surface area contributed by atoms with Gasteiger partial charge in [-0.05, 0) is 40.9 Å². The van der Waals surface area contributed by atoms with Gasteiger partial charge in [-0.15, -0.1) is 24.0 Å². The molecule has 0 aliphatic heterocycles. The molecule has 0 saturated heterocycles. The molecule has 25 heavy (non-hydrogen) atoms. The summed E-state index contributed by atoms with van der Waals surface area (Å²) in [6.45, 7) is 5.03. The van der Waals surface area contributed by atoms with Gasteiger partial charge in [-0.25, -0.2) is 4.99 Å². The highest BCUT2D eigenvalue weighted by molar-refractivity contribution is 14.0. The molecule has 8 heteroatoms. The van der Waals surface area contributed by atoms with E-state index in [0.29, 0.717) is 24.6 Å². The summed E-state index contributed by atoms with van der Waals surface area (Å²) in [5, 5.41) is 6.44. The fraction of sp³-hybridized carbons (Fsp3) is 0.588. The number of alkyl halides is 2. The summed E-state index contributed by atoms with van der Waals surface area (Å²) < 4.78 is 29.5. The van der Waals surface area contributed by atoms with Crippen LogP contribution in [0.15, 0.2) is 29.3 Å². The summed E-state index contributed by atoms with van der Waals surface area (Å²) in [4.78, 5) is 6.59. The van der Waals surface area contributed by atoms with Crippen LogP contribution in [0.25, 0.3) is 0 Å². The third kappa shape index (κ3) is 8.66. The fourth-order valence-corrected chi connectivity index (χ4v) is 1.81. The van der Waals surface area contributed by atoms with Gasteiger partial charge in [0.1, 0.15) is 5.75 Å². The van der Waals surface area contributed by atoms with Crippen LogP contribution in [-0.4, -0.2) is 50.2 Å². The zero-order valence-corrected chi connectivity index (χ0v) is 17.8. The first-order chi connectivity index (χ1) is 11.3. The van der Waals surface area contributed by atoms with E-state index in [1.165, 1.54) is 6.07 Å². The summed E-state index contributed by atoms with van der Waals surface area (Å²) >= 11 is 0. The highest BCUT2D eigenvalue weighted by Crippen LogP contribution is 2.20. The SMILES string of the molecule is CCNC(=NCc1ccccc1OC(F)F)NCC(C)(C)N(C)C.I.